The normalized spacial score (nSPS) is 29.0. The summed E-state index contributed by atoms with van der Waals surface area (Å²) in [6.07, 6.45) is 4.20. The third-order valence-corrected chi connectivity index (χ3v) is 5.20. The van der Waals surface area contributed by atoms with E-state index in [0.717, 1.165) is 30.5 Å². The van der Waals surface area contributed by atoms with Gasteiger partial charge in [-0.3, -0.25) is 4.90 Å². The lowest BCUT2D eigenvalue weighted by Gasteiger charge is -2.41. The summed E-state index contributed by atoms with van der Waals surface area (Å²) >= 11 is 1.82. The zero-order chi connectivity index (χ0) is 13.2. The Morgan fingerprint density at radius 2 is 2.26 bits per heavy atom. The van der Waals surface area contributed by atoms with Crippen molar-refractivity contribution in [3.8, 4) is 0 Å². The summed E-state index contributed by atoms with van der Waals surface area (Å²) < 4.78 is 0. The monoisotopic (exact) mass is 278 g/mol. The maximum atomic E-state index is 3.81. The standard InChI is InChI=1S/C16H26N2S/c1-12(2)7-15-8-17-16(14-3-4-14)10-18(15)9-13-5-6-19-11-13/h5-6,11-12,14-17H,3-4,7-10H2,1-2H3. The molecule has 0 spiro atoms. The lowest BCUT2D eigenvalue weighted by Crippen LogP contribution is -2.57. The second-order valence-corrected chi connectivity index (χ2v) is 7.48. The van der Waals surface area contributed by atoms with Crippen molar-refractivity contribution in [3.63, 3.8) is 0 Å². The second-order valence-electron chi connectivity index (χ2n) is 6.70. The van der Waals surface area contributed by atoms with Crippen molar-refractivity contribution in [1.29, 1.82) is 0 Å². The van der Waals surface area contributed by atoms with E-state index >= 15 is 0 Å². The van der Waals surface area contributed by atoms with Gasteiger partial charge in [0.25, 0.3) is 0 Å². The molecule has 19 heavy (non-hydrogen) atoms. The van der Waals surface area contributed by atoms with Crippen LogP contribution in [-0.4, -0.2) is 30.1 Å². The Balaban J connectivity index is 1.65. The first-order valence-corrected chi connectivity index (χ1v) is 8.65. The molecule has 1 aromatic heterocycles. The summed E-state index contributed by atoms with van der Waals surface area (Å²) in [6, 6.07) is 3.75. The van der Waals surface area contributed by atoms with Crippen LogP contribution >= 0.6 is 11.3 Å². The van der Waals surface area contributed by atoms with Gasteiger partial charge in [0.15, 0.2) is 0 Å². The summed E-state index contributed by atoms with van der Waals surface area (Å²) in [5.41, 5.74) is 1.50. The molecule has 0 bridgehead atoms. The third kappa shape index (κ3) is 3.59. The Morgan fingerprint density at radius 3 is 2.89 bits per heavy atom. The molecule has 1 aliphatic heterocycles. The Kier molecular flexibility index (Phi) is 4.25. The largest absolute Gasteiger partial charge is 0.311 e. The highest BCUT2D eigenvalue weighted by Crippen LogP contribution is 2.35. The van der Waals surface area contributed by atoms with E-state index in [4.69, 9.17) is 0 Å². The smallest absolute Gasteiger partial charge is 0.0246 e. The van der Waals surface area contributed by atoms with E-state index in [2.05, 4.69) is 40.9 Å². The van der Waals surface area contributed by atoms with Crippen LogP contribution in [0, 0.1) is 11.8 Å². The van der Waals surface area contributed by atoms with Gasteiger partial charge in [-0.15, -0.1) is 0 Å². The molecular formula is C16H26N2S. The molecule has 2 nitrogen and oxygen atoms in total. The molecule has 1 aromatic rings. The molecule has 1 N–H and O–H groups in total. The van der Waals surface area contributed by atoms with E-state index in [0.29, 0.717) is 0 Å². The number of nitrogens with zero attached hydrogens (tertiary/aromatic N) is 1. The van der Waals surface area contributed by atoms with E-state index in [1.54, 1.807) is 0 Å². The number of hydrogen-bond acceptors (Lipinski definition) is 3. The maximum Gasteiger partial charge on any atom is 0.0246 e. The summed E-state index contributed by atoms with van der Waals surface area (Å²) in [4.78, 5) is 2.74. The minimum Gasteiger partial charge on any atom is -0.311 e. The molecule has 2 atom stereocenters. The molecule has 1 aliphatic carbocycles. The Bertz CT molecular complexity index is 383. The fourth-order valence-corrected chi connectivity index (χ4v) is 3.94. The Hall–Kier alpha value is -0.380. The lowest BCUT2D eigenvalue weighted by molar-refractivity contribution is 0.100. The van der Waals surface area contributed by atoms with E-state index < -0.39 is 0 Å². The van der Waals surface area contributed by atoms with Gasteiger partial charge in [-0.2, -0.15) is 11.3 Å². The van der Waals surface area contributed by atoms with Gasteiger partial charge in [0.2, 0.25) is 0 Å². The number of piperazine rings is 1. The highest BCUT2D eigenvalue weighted by molar-refractivity contribution is 7.07. The molecule has 2 fully saturated rings. The van der Waals surface area contributed by atoms with Crippen LogP contribution in [-0.2, 0) is 6.54 Å². The molecule has 2 aliphatic rings. The topological polar surface area (TPSA) is 15.3 Å². The van der Waals surface area contributed by atoms with Gasteiger partial charge in [0.1, 0.15) is 0 Å². The van der Waals surface area contributed by atoms with Crippen LogP contribution in [0.15, 0.2) is 16.8 Å². The summed E-state index contributed by atoms with van der Waals surface area (Å²) in [5.74, 6) is 1.75. The van der Waals surface area contributed by atoms with Gasteiger partial charge >= 0.3 is 0 Å². The van der Waals surface area contributed by atoms with Crippen LogP contribution in [0.4, 0.5) is 0 Å². The molecule has 3 rings (SSSR count). The SMILES string of the molecule is CC(C)CC1CNC(C2CC2)CN1Cc1ccsc1. The number of hydrogen-bond donors (Lipinski definition) is 1. The molecule has 2 heterocycles. The van der Waals surface area contributed by atoms with Crippen LogP contribution in [0.25, 0.3) is 0 Å². The average Bonchev–Trinajstić information content (AvgIpc) is 3.10. The first kappa shape index (κ1) is 13.6. The highest BCUT2D eigenvalue weighted by atomic mass is 32.1. The molecule has 0 amide bonds. The highest BCUT2D eigenvalue weighted by Gasteiger charge is 2.37. The van der Waals surface area contributed by atoms with Crippen molar-refractivity contribution in [2.45, 2.75) is 51.7 Å². The van der Waals surface area contributed by atoms with Gasteiger partial charge in [0.05, 0.1) is 0 Å². The van der Waals surface area contributed by atoms with Crippen molar-refractivity contribution in [2.75, 3.05) is 13.1 Å². The summed E-state index contributed by atoms with van der Waals surface area (Å²) in [5, 5.41) is 8.31. The fraction of sp³-hybridized carbons (Fsp3) is 0.750. The van der Waals surface area contributed by atoms with Crippen molar-refractivity contribution >= 4 is 11.3 Å². The Morgan fingerprint density at radius 1 is 1.42 bits per heavy atom. The van der Waals surface area contributed by atoms with Crippen LogP contribution in [0.5, 0.6) is 0 Å². The lowest BCUT2D eigenvalue weighted by atomic mass is 9.97. The van der Waals surface area contributed by atoms with Crippen LogP contribution < -0.4 is 5.32 Å². The van der Waals surface area contributed by atoms with Crippen LogP contribution in [0.2, 0.25) is 0 Å². The molecule has 3 heteroatoms. The quantitative estimate of drug-likeness (QED) is 0.888. The maximum absolute atomic E-state index is 3.81. The van der Waals surface area contributed by atoms with E-state index in [-0.39, 0.29) is 0 Å². The second kappa shape index (κ2) is 5.94. The predicted octanol–water partition coefficient (Wildman–Crippen LogP) is 3.35. The number of nitrogens with one attached hydrogen (secondary N) is 1. The van der Waals surface area contributed by atoms with Crippen molar-refractivity contribution in [2.24, 2.45) is 11.8 Å². The van der Waals surface area contributed by atoms with Crippen molar-refractivity contribution in [1.82, 2.24) is 10.2 Å². The molecule has 0 radical (unpaired) electrons. The van der Waals surface area contributed by atoms with E-state index in [1.807, 2.05) is 11.3 Å². The number of rotatable bonds is 5. The first-order chi connectivity index (χ1) is 9.22. The summed E-state index contributed by atoms with van der Waals surface area (Å²) in [6.45, 7) is 8.26. The average molecular weight is 278 g/mol. The van der Waals surface area contributed by atoms with Gasteiger partial charge in [-0.05, 0) is 53.5 Å². The minimum atomic E-state index is 0.717. The fourth-order valence-electron chi connectivity index (χ4n) is 3.28. The first-order valence-electron chi connectivity index (χ1n) is 7.71. The zero-order valence-electron chi connectivity index (χ0n) is 12.1. The molecule has 0 aromatic carbocycles. The molecule has 106 valence electrons. The predicted molar refractivity (Wildman–Crippen MR) is 82.5 cm³/mol. The zero-order valence-corrected chi connectivity index (χ0v) is 13.0. The minimum absolute atomic E-state index is 0.717. The third-order valence-electron chi connectivity index (χ3n) is 4.46. The number of thiophene rings is 1. The molecule has 2 unspecified atom stereocenters. The Labute approximate surface area is 121 Å². The molecule has 1 saturated heterocycles. The van der Waals surface area contributed by atoms with Gasteiger partial charge in [0, 0.05) is 31.7 Å². The van der Waals surface area contributed by atoms with Crippen molar-refractivity contribution < 1.29 is 0 Å². The van der Waals surface area contributed by atoms with Gasteiger partial charge < -0.3 is 5.32 Å². The summed E-state index contributed by atoms with van der Waals surface area (Å²) in [7, 11) is 0. The molecule has 1 saturated carbocycles. The molecular weight excluding hydrogens is 252 g/mol. The van der Waals surface area contributed by atoms with Crippen molar-refractivity contribution in [3.05, 3.63) is 22.4 Å². The van der Waals surface area contributed by atoms with E-state index in [1.165, 1.54) is 37.9 Å². The van der Waals surface area contributed by atoms with E-state index in [9.17, 15) is 0 Å². The van der Waals surface area contributed by atoms with Gasteiger partial charge in [-0.25, -0.2) is 0 Å². The van der Waals surface area contributed by atoms with Gasteiger partial charge in [-0.1, -0.05) is 13.8 Å². The van der Waals surface area contributed by atoms with Crippen LogP contribution in [0.3, 0.4) is 0 Å². The van der Waals surface area contributed by atoms with Crippen LogP contribution in [0.1, 0.15) is 38.7 Å².